The number of rotatable bonds is 5. The number of nitrogens with one attached hydrogen (secondary N) is 1. The molecule has 0 spiro atoms. The van der Waals surface area contributed by atoms with Crippen molar-refractivity contribution in [3.8, 4) is 11.3 Å². The van der Waals surface area contributed by atoms with Crippen LogP contribution >= 0.6 is 11.3 Å². The number of benzene rings is 1. The summed E-state index contributed by atoms with van der Waals surface area (Å²) in [4.78, 5) is 27.8. The predicted molar refractivity (Wildman–Crippen MR) is 93.0 cm³/mol. The Labute approximate surface area is 139 Å². The highest BCUT2D eigenvalue weighted by Crippen LogP contribution is 2.28. The van der Waals surface area contributed by atoms with Crippen LogP contribution in [0.25, 0.3) is 11.3 Å². The molecule has 0 radical (unpaired) electrons. The van der Waals surface area contributed by atoms with Crippen LogP contribution in [0.5, 0.6) is 0 Å². The predicted octanol–water partition coefficient (Wildman–Crippen LogP) is 2.92. The van der Waals surface area contributed by atoms with Gasteiger partial charge >= 0.3 is 10.8 Å². The average Bonchev–Trinajstić information content (AvgIpc) is 2.77. The first-order chi connectivity index (χ1) is 10.7. The lowest BCUT2D eigenvalue weighted by molar-refractivity contribution is -0.138. The Bertz CT molecular complexity index is 738. The topological polar surface area (TPSA) is 73.4 Å². The van der Waals surface area contributed by atoms with Gasteiger partial charge in [0, 0.05) is 11.4 Å². The van der Waals surface area contributed by atoms with Crippen molar-refractivity contribution in [3.63, 3.8) is 0 Å². The van der Waals surface area contributed by atoms with Gasteiger partial charge in [-0.25, -0.2) is 0 Å². The van der Waals surface area contributed by atoms with Gasteiger partial charge in [-0.15, -0.1) is 0 Å². The summed E-state index contributed by atoms with van der Waals surface area (Å²) in [5, 5.41) is 8.85. The molecule has 0 aliphatic heterocycles. The quantitative estimate of drug-likeness (QED) is 0.882. The first-order valence-corrected chi connectivity index (χ1v) is 8.21. The molecule has 23 heavy (non-hydrogen) atoms. The van der Waals surface area contributed by atoms with Crippen LogP contribution in [0.2, 0.25) is 0 Å². The maximum absolute atomic E-state index is 11.7. The smallest absolute Gasteiger partial charge is 0.317 e. The number of aliphatic carboxylic acids is 1. The number of likely N-dealkylation sites (N-methyl/N-ethyl adjacent to an activating group) is 1. The minimum absolute atomic E-state index is 0.0610. The molecule has 1 aromatic carbocycles. The fourth-order valence-corrected chi connectivity index (χ4v) is 3.31. The van der Waals surface area contributed by atoms with Gasteiger partial charge in [-0.3, -0.25) is 14.5 Å². The van der Waals surface area contributed by atoms with Gasteiger partial charge in [-0.2, -0.15) is 0 Å². The van der Waals surface area contributed by atoms with E-state index in [9.17, 15) is 9.59 Å². The third-order valence-corrected chi connectivity index (χ3v) is 4.45. The molecule has 0 aliphatic rings. The average molecular weight is 334 g/mol. The summed E-state index contributed by atoms with van der Waals surface area (Å²) in [7, 11) is 1.73. The monoisotopic (exact) mass is 334 g/mol. The molecule has 1 heterocycles. The Morgan fingerprint density at radius 2 is 1.87 bits per heavy atom. The van der Waals surface area contributed by atoms with Crippen molar-refractivity contribution in [1.29, 1.82) is 0 Å². The van der Waals surface area contributed by atoms with Crippen LogP contribution in [0, 0.1) is 0 Å². The van der Waals surface area contributed by atoms with Crippen LogP contribution in [0.1, 0.15) is 31.2 Å². The van der Waals surface area contributed by atoms with E-state index < -0.39 is 5.97 Å². The van der Waals surface area contributed by atoms with Gasteiger partial charge in [0.25, 0.3) is 0 Å². The van der Waals surface area contributed by atoms with Crippen LogP contribution in [-0.2, 0) is 16.8 Å². The number of hydrogen-bond acceptors (Lipinski definition) is 4. The second-order valence-electron chi connectivity index (χ2n) is 6.71. The fraction of sp³-hybridized carbons (Fsp3) is 0.412. The van der Waals surface area contributed by atoms with Crippen LogP contribution in [0.15, 0.2) is 29.1 Å². The van der Waals surface area contributed by atoms with Crippen molar-refractivity contribution >= 4 is 17.3 Å². The summed E-state index contributed by atoms with van der Waals surface area (Å²) in [5.74, 6) is -0.883. The van der Waals surface area contributed by atoms with Crippen LogP contribution in [0.4, 0.5) is 0 Å². The van der Waals surface area contributed by atoms with Gasteiger partial charge < -0.3 is 10.1 Å². The van der Waals surface area contributed by atoms with Gasteiger partial charge in [0.05, 0.1) is 12.2 Å². The highest BCUT2D eigenvalue weighted by atomic mass is 32.1. The largest absolute Gasteiger partial charge is 0.480 e. The van der Waals surface area contributed by atoms with E-state index >= 15 is 0 Å². The van der Waals surface area contributed by atoms with Crippen molar-refractivity contribution in [2.24, 2.45) is 0 Å². The summed E-state index contributed by atoms with van der Waals surface area (Å²) in [5.41, 5.74) is 3.02. The lowest BCUT2D eigenvalue weighted by Crippen LogP contribution is -2.24. The number of nitrogens with zero attached hydrogens (tertiary/aromatic N) is 1. The molecule has 0 amide bonds. The Morgan fingerprint density at radius 3 is 2.39 bits per heavy atom. The minimum atomic E-state index is -0.883. The second-order valence-corrected chi connectivity index (χ2v) is 7.77. The standard InChI is InChI=1S/C17H22N2O3S/c1-17(2,3)12-7-5-11(6-8-12)15-13(23-16(22)18-15)9-19(4)10-14(20)21/h5-8H,9-10H2,1-4H3,(H,18,22)(H,20,21). The molecule has 1 aromatic heterocycles. The van der Waals surface area contributed by atoms with E-state index in [1.807, 2.05) is 12.1 Å². The Kier molecular flexibility index (Phi) is 5.06. The van der Waals surface area contributed by atoms with Crippen molar-refractivity contribution < 1.29 is 9.90 Å². The van der Waals surface area contributed by atoms with Gasteiger partial charge in [0.2, 0.25) is 0 Å². The van der Waals surface area contributed by atoms with E-state index in [1.54, 1.807) is 11.9 Å². The third-order valence-electron chi connectivity index (χ3n) is 3.58. The molecule has 0 saturated carbocycles. The molecule has 6 heteroatoms. The zero-order valence-corrected chi connectivity index (χ0v) is 14.7. The Hall–Kier alpha value is -1.92. The molecule has 0 unspecified atom stereocenters. The summed E-state index contributed by atoms with van der Waals surface area (Å²) in [6, 6.07) is 8.13. The van der Waals surface area contributed by atoms with Gasteiger partial charge in [0.15, 0.2) is 0 Å². The number of hydrogen-bond donors (Lipinski definition) is 2. The highest BCUT2D eigenvalue weighted by molar-refractivity contribution is 7.09. The van der Waals surface area contributed by atoms with Crippen molar-refractivity contribution in [2.45, 2.75) is 32.7 Å². The number of carboxylic acid groups (broad SMARTS) is 1. The zero-order chi connectivity index (χ0) is 17.2. The molecule has 5 nitrogen and oxygen atoms in total. The van der Waals surface area contributed by atoms with Crippen molar-refractivity contribution in [2.75, 3.05) is 13.6 Å². The van der Waals surface area contributed by atoms with E-state index in [4.69, 9.17) is 5.11 Å². The number of aromatic nitrogens is 1. The number of aromatic amines is 1. The lowest BCUT2D eigenvalue weighted by atomic mass is 9.86. The maximum Gasteiger partial charge on any atom is 0.317 e. The van der Waals surface area contributed by atoms with Crippen LogP contribution in [-0.4, -0.2) is 34.6 Å². The fourth-order valence-electron chi connectivity index (χ4n) is 2.37. The van der Waals surface area contributed by atoms with E-state index in [1.165, 1.54) is 5.56 Å². The SMILES string of the molecule is CN(CC(=O)O)Cc1sc(=O)[nH]c1-c1ccc(C(C)(C)C)cc1. The number of carboxylic acids is 1. The molecule has 0 bridgehead atoms. The second kappa shape index (κ2) is 6.68. The van der Waals surface area contributed by atoms with Gasteiger partial charge in [0.1, 0.15) is 0 Å². The lowest BCUT2D eigenvalue weighted by Gasteiger charge is -2.19. The molecule has 0 saturated heterocycles. The molecule has 2 rings (SSSR count). The summed E-state index contributed by atoms with van der Waals surface area (Å²) in [6.07, 6.45) is 0. The molecular formula is C17H22N2O3S. The van der Waals surface area contributed by atoms with Gasteiger partial charge in [-0.1, -0.05) is 56.4 Å². The summed E-state index contributed by atoms with van der Waals surface area (Å²) >= 11 is 1.13. The Morgan fingerprint density at radius 1 is 1.26 bits per heavy atom. The summed E-state index contributed by atoms with van der Waals surface area (Å²) < 4.78 is 0. The zero-order valence-electron chi connectivity index (χ0n) is 13.8. The molecule has 0 aliphatic carbocycles. The molecular weight excluding hydrogens is 312 g/mol. The molecule has 0 fully saturated rings. The first-order valence-electron chi connectivity index (χ1n) is 7.40. The molecule has 124 valence electrons. The van der Waals surface area contributed by atoms with Gasteiger partial charge in [-0.05, 0) is 23.6 Å². The van der Waals surface area contributed by atoms with E-state index in [0.717, 1.165) is 27.5 Å². The van der Waals surface area contributed by atoms with E-state index in [0.29, 0.717) is 6.54 Å². The van der Waals surface area contributed by atoms with Crippen molar-refractivity contribution in [3.05, 3.63) is 44.4 Å². The summed E-state index contributed by atoms with van der Waals surface area (Å²) in [6.45, 7) is 6.82. The highest BCUT2D eigenvalue weighted by Gasteiger charge is 2.16. The Balaban J connectivity index is 2.29. The third kappa shape index (κ3) is 4.53. The maximum atomic E-state index is 11.7. The van der Waals surface area contributed by atoms with Crippen LogP contribution in [0.3, 0.4) is 0 Å². The molecule has 2 N–H and O–H groups in total. The van der Waals surface area contributed by atoms with Crippen molar-refractivity contribution in [1.82, 2.24) is 9.88 Å². The van der Waals surface area contributed by atoms with E-state index in [-0.39, 0.29) is 16.8 Å². The van der Waals surface area contributed by atoms with Crippen LogP contribution < -0.4 is 4.87 Å². The van der Waals surface area contributed by atoms with E-state index in [2.05, 4.69) is 37.9 Å². The molecule has 2 aromatic rings. The number of thiazole rings is 1. The minimum Gasteiger partial charge on any atom is -0.480 e. The number of carbonyl (C=O) groups is 1. The normalized spacial score (nSPS) is 11.9. The first kappa shape index (κ1) is 17.4. The number of H-pyrrole nitrogens is 1. The molecule has 0 atom stereocenters.